The zero-order valence-electron chi connectivity index (χ0n) is 25.1. The van der Waals surface area contributed by atoms with Gasteiger partial charge in [0.15, 0.2) is 0 Å². The smallest absolute Gasteiger partial charge is 0.235 e. The van der Waals surface area contributed by atoms with Crippen LogP contribution in [0.4, 0.5) is 0 Å². The monoisotopic (exact) mass is 616 g/mol. The van der Waals surface area contributed by atoms with Gasteiger partial charge in [-0.25, -0.2) is 9.97 Å². The normalized spacial score (nSPS) is 12.6. The zero-order chi connectivity index (χ0) is 30.6. The number of para-hydroxylation sites is 2. The third-order valence-electron chi connectivity index (χ3n) is 9.70. The van der Waals surface area contributed by atoms with Crippen molar-refractivity contribution in [3.63, 3.8) is 0 Å². The van der Waals surface area contributed by atoms with Crippen LogP contribution in [0, 0.1) is 0 Å². The van der Waals surface area contributed by atoms with Crippen LogP contribution in [0.25, 0.3) is 88.2 Å². The molecule has 0 N–H and O–H groups in total. The van der Waals surface area contributed by atoms with Crippen LogP contribution in [-0.2, 0) is 0 Å². The summed E-state index contributed by atoms with van der Waals surface area (Å²) in [7, 11) is 0. The van der Waals surface area contributed by atoms with Gasteiger partial charge in [-0.05, 0) is 47.9 Å². The van der Waals surface area contributed by atoms with Gasteiger partial charge < -0.3 is 4.57 Å². The van der Waals surface area contributed by atoms with Gasteiger partial charge >= 0.3 is 0 Å². The molecule has 0 unspecified atom stereocenters. The van der Waals surface area contributed by atoms with E-state index in [-0.39, 0.29) is 0 Å². The van der Waals surface area contributed by atoms with E-state index in [1.165, 1.54) is 47.6 Å². The first-order valence-corrected chi connectivity index (χ1v) is 16.7. The highest BCUT2D eigenvalue weighted by Gasteiger charge is 2.26. The topological polar surface area (TPSA) is 35.6 Å². The molecule has 218 valence electrons. The van der Waals surface area contributed by atoms with Crippen LogP contribution in [-0.4, -0.2) is 19.1 Å². The Kier molecular flexibility index (Phi) is 5.02. The molecule has 47 heavy (non-hydrogen) atoms. The van der Waals surface area contributed by atoms with Crippen LogP contribution >= 0.6 is 11.8 Å². The van der Waals surface area contributed by atoms with Crippen molar-refractivity contribution in [2.75, 3.05) is 0 Å². The third kappa shape index (κ3) is 3.38. The third-order valence-corrected chi connectivity index (χ3v) is 10.8. The minimum Gasteiger partial charge on any atom is -0.309 e. The molecule has 5 heteroatoms. The predicted octanol–water partition coefficient (Wildman–Crippen LogP) is 11.1. The fourth-order valence-corrected chi connectivity index (χ4v) is 8.87. The largest absolute Gasteiger partial charge is 0.309 e. The summed E-state index contributed by atoms with van der Waals surface area (Å²) in [4.78, 5) is 13.3. The van der Waals surface area contributed by atoms with Crippen molar-refractivity contribution in [2.45, 2.75) is 9.79 Å². The number of fused-ring (bicyclic) bond motifs is 11. The summed E-state index contributed by atoms with van der Waals surface area (Å²) in [5, 5.41) is 8.29. The van der Waals surface area contributed by atoms with Gasteiger partial charge in [-0.1, -0.05) is 115 Å². The number of benzene rings is 7. The number of hydrogen-bond donors (Lipinski definition) is 0. The lowest BCUT2D eigenvalue weighted by Crippen LogP contribution is -2.06. The Bertz CT molecular complexity index is 2940. The average Bonchev–Trinajstić information content (AvgIpc) is 3.65. The van der Waals surface area contributed by atoms with Gasteiger partial charge in [-0.3, -0.25) is 4.57 Å². The molecule has 0 fully saturated rings. The van der Waals surface area contributed by atoms with Gasteiger partial charge in [0.1, 0.15) is 0 Å². The average molecular weight is 617 g/mol. The second-order valence-corrected chi connectivity index (χ2v) is 13.3. The summed E-state index contributed by atoms with van der Waals surface area (Å²) < 4.78 is 4.74. The van der Waals surface area contributed by atoms with E-state index in [0.29, 0.717) is 5.95 Å². The van der Waals surface area contributed by atoms with Gasteiger partial charge in [0, 0.05) is 53.4 Å². The van der Waals surface area contributed by atoms with Crippen molar-refractivity contribution in [1.29, 1.82) is 0 Å². The lowest BCUT2D eigenvalue weighted by molar-refractivity contribution is 1.01. The van der Waals surface area contributed by atoms with E-state index in [0.717, 1.165) is 44.4 Å². The zero-order valence-corrected chi connectivity index (χ0v) is 25.9. The molecule has 0 amide bonds. The standard InChI is InChI=1S/C42H24N4S/c1-2-12-26(13-3-1)45-33-18-8-6-15-30(33)37-34(45)24-23-29-28-22-21-25-11-4-5-14-27(25)40(28)46(41(29)37)42-43-32-17-10-20-36-38(32)39(44-42)31-16-7-9-19-35(31)47-36/h1-24H. The molecule has 0 saturated carbocycles. The number of nitrogens with zero attached hydrogens (tertiary/aromatic N) is 4. The predicted molar refractivity (Wildman–Crippen MR) is 195 cm³/mol. The summed E-state index contributed by atoms with van der Waals surface area (Å²) in [5.74, 6) is 0.687. The Labute approximate surface area is 273 Å². The number of aromatic nitrogens is 4. The van der Waals surface area contributed by atoms with Crippen molar-refractivity contribution in [2.24, 2.45) is 0 Å². The number of rotatable bonds is 2. The van der Waals surface area contributed by atoms with E-state index in [1.54, 1.807) is 11.8 Å². The van der Waals surface area contributed by atoms with Gasteiger partial charge in [0.05, 0.1) is 33.3 Å². The van der Waals surface area contributed by atoms with E-state index in [2.05, 4.69) is 155 Å². The van der Waals surface area contributed by atoms with Crippen LogP contribution in [0.15, 0.2) is 155 Å². The lowest BCUT2D eigenvalue weighted by Gasteiger charge is -2.20. The first-order chi connectivity index (χ1) is 23.3. The Hall–Kier alpha value is -5.91. The van der Waals surface area contributed by atoms with Crippen molar-refractivity contribution in [3.8, 4) is 22.9 Å². The Morgan fingerprint density at radius 1 is 0.447 bits per heavy atom. The van der Waals surface area contributed by atoms with E-state index < -0.39 is 0 Å². The van der Waals surface area contributed by atoms with E-state index in [1.807, 2.05) is 0 Å². The molecular formula is C42H24N4S. The maximum Gasteiger partial charge on any atom is 0.235 e. The van der Waals surface area contributed by atoms with Crippen LogP contribution in [0.5, 0.6) is 0 Å². The Morgan fingerprint density at radius 3 is 2.13 bits per heavy atom. The molecule has 0 radical (unpaired) electrons. The van der Waals surface area contributed by atoms with Crippen molar-refractivity contribution < 1.29 is 0 Å². The summed E-state index contributed by atoms with van der Waals surface area (Å²) in [6.45, 7) is 0. The molecule has 0 saturated heterocycles. The molecule has 0 aliphatic carbocycles. The van der Waals surface area contributed by atoms with Gasteiger partial charge in [-0.2, -0.15) is 0 Å². The van der Waals surface area contributed by atoms with Crippen molar-refractivity contribution in [1.82, 2.24) is 19.1 Å². The second kappa shape index (κ2) is 9.32. The first-order valence-electron chi connectivity index (χ1n) is 15.9. The molecule has 0 atom stereocenters. The van der Waals surface area contributed by atoms with Crippen LogP contribution in [0.2, 0.25) is 0 Å². The highest BCUT2D eigenvalue weighted by Crippen LogP contribution is 2.48. The van der Waals surface area contributed by atoms with Crippen molar-refractivity contribution in [3.05, 3.63) is 146 Å². The quantitative estimate of drug-likeness (QED) is 0.194. The molecule has 1 aliphatic rings. The van der Waals surface area contributed by atoms with E-state index >= 15 is 0 Å². The molecule has 11 rings (SSSR count). The minimum atomic E-state index is 0.687. The van der Waals surface area contributed by atoms with E-state index in [9.17, 15) is 0 Å². The molecule has 0 spiro atoms. The van der Waals surface area contributed by atoms with E-state index in [4.69, 9.17) is 9.97 Å². The minimum absolute atomic E-state index is 0.687. The molecule has 1 aliphatic heterocycles. The molecule has 7 aromatic carbocycles. The lowest BCUT2D eigenvalue weighted by atomic mass is 10.0. The molecule has 3 aromatic heterocycles. The first kappa shape index (κ1) is 25.3. The summed E-state index contributed by atoms with van der Waals surface area (Å²) in [5.41, 5.74) is 8.82. The van der Waals surface area contributed by atoms with Gasteiger partial charge in [-0.15, -0.1) is 0 Å². The van der Waals surface area contributed by atoms with Crippen molar-refractivity contribution >= 4 is 77.0 Å². The number of hydrogen-bond acceptors (Lipinski definition) is 3. The Balaban J connectivity index is 1.38. The highest BCUT2D eigenvalue weighted by atomic mass is 32.2. The fourth-order valence-electron chi connectivity index (χ4n) is 7.76. The molecule has 4 nitrogen and oxygen atoms in total. The molecule has 10 aromatic rings. The SMILES string of the molecule is c1ccc(-n2c3ccccc3c3c2ccc2c4ccc5ccccc5c4n(-c4nc5c6c(cccc6n4)Sc4ccccc4-5)c23)cc1. The summed E-state index contributed by atoms with van der Waals surface area (Å²) in [6.07, 6.45) is 0. The Morgan fingerprint density at radius 2 is 1.19 bits per heavy atom. The molecule has 0 bridgehead atoms. The van der Waals surface area contributed by atoms with Gasteiger partial charge in [0.2, 0.25) is 5.95 Å². The maximum atomic E-state index is 5.51. The summed E-state index contributed by atoms with van der Waals surface area (Å²) in [6, 6.07) is 52.2. The fraction of sp³-hybridized carbons (Fsp3) is 0. The molecule has 4 heterocycles. The molecular weight excluding hydrogens is 593 g/mol. The van der Waals surface area contributed by atoms with Crippen LogP contribution in [0.1, 0.15) is 0 Å². The highest BCUT2D eigenvalue weighted by molar-refractivity contribution is 7.99. The van der Waals surface area contributed by atoms with Crippen LogP contribution in [0.3, 0.4) is 0 Å². The van der Waals surface area contributed by atoms with Gasteiger partial charge in [0.25, 0.3) is 0 Å². The summed E-state index contributed by atoms with van der Waals surface area (Å²) >= 11 is 1.80. The van der Waals surface area contributed by atoms with Crippen LogP contribution < -0.4 is 0 Å². The maximum absolute atomic E-state index is 5.51. The second-order valence-electron chi connectivity index (χ2n) is 12.2.